The Morgan fingerprint density at radius 2 is 2.05 bits per heavy atom. The lowest BCUT2D eigenvalue weighted by Crippen LogP contribution is -2.65. The third-order valence-electron chi connectivity index (χ3n) is 3.87. The van der Waals surface area contributed by atoms with E-state index in [1.165, 1.54) is 4.31 Å². The molecule has 108 valence electrons. The maximum Gasteiger partial charge on any atom is 0.262 e. The Morgan fingerprint density at radius 3 is 2.47 bits per heavy atom. The first kappa shape index (κ1) is 14.5. The van der Waals surface area contributed by atoms with Gasteiger partial charge in [-0.1, -0.05) is 13.8 Å². The average molecular weight is 287 g/mol. The van der Waals surface area contributed by atoms with Gasteiger partial charge in [-0.15, -0.1) is 0 Å². The van der Waals surface area contributed by atoms with E-state index in [1.807, 2.05) is 20.8 Å². The number of nitrogens with zero attached hydrogens (tertiary/aromatic N) is 3. The predicted octanol–water partition coefficient (Wildman–Crippen LogP) is 0.603. The number of aryl methyl sites for hydroxylation is 2. The molecule has 1 aliphatic rings. The molecule has 1 aliphatic heterocycles. The second kappa shape index (κ2) is 4.57. The van der Waals surface area contributed by atoms with E-state index in [9.17, 15) is 13.5 Å². The SMILES string of the molecule is CCn1cc(S(=O)(=O)N2CC(O)(C(C)C)C2)nc1C. The van der Waals surface area contributed by atoms with Crippen molar-refractivity contribution in [3.63, 3.8) is 0 Å². The highest BCUT2D eigenvalue weighted by atomic mass is 32.2. The van der Waals surface area contributed by atoms with E-state index < -0.39 is 15.6 Å². The molecule has 0 bridgehead atoms. The molecular weight excluding hydrogens is 266 g/mol. The fourth-order valence-corrected chi connectivity index (χ4v) is 3.72. The lowest BCUT2D eigenvalue weighted by molar-refractivity contribution is -0.0933. The molecule has 0 aliphatic carbocycles. The summed E-state index contributed by atoms with van der Waals surface area (Å²) in [6, 6.07) is 0. The summed E-state index contributed by atoms with van der Waals surface area (Å²) in [6.07, 6.45) is 1.55. The third kappa shape index (κ3) is 2.30. The third-order valence-corrected chi connectivity index (χ3v) is 5.54. The number of hydrogen-bond acceptors (Lipinski definition) is 4. The average Bonchev–Trinajstić information content (AvgIpc) is 2.66. The first-order valence-corrected chi connectivity index (χ1v) is 7.91. The van der Waals surface area contributed by atoms with Crippen LogP contribution in [0.4, 0.5) is 0 Å². The second-order valence-electron chi connectivity index (χ2n) is 5.44. The lowest BCUT2D eigenvalue weighted by Gasteiger charge is -2.47. The van der Waals surface area contributed by atoms with Crippen molar-refractivity contribution in [2.24, 2.45) is 5.92 Å². The Hall–Kier alpha value is -0.920. The van der Waals surface area contributed by atoms with Crippen molar-refractivity contribution in [1.82, 2.24) is 13.9 Å². The molecule has 1 aromatic rings. The second-order valence-corrected chi connectivity index (χ2v) is 7.33. The number of aliphatic hydroxyl groups is 1. The van der Waals surface area contributed by atoms with Gasteiger partial charge in [0.1, 0.15) is 5.82 Å². The van der Waals surface area contributed by atoms with Gasteiger partial charge in [0.2, 0.25) is 0 Å². The first-order valence-electron chi connectivity index (χ1n) is 6.47. The zero-order valence-electron chi connectivity index (χ0n) is 11.8. The van der Waals surface area contributed by atoms with E-state index in [1.54, 1.807) is 17.7 Å². The largest absolute Gasteiger partial charge is 0.387 e. The minimum Gasteiger partial charge on any atom is -0.387 e. The molecule has 7 heteroatoms. The van der Waals surface area contributed by atoms with Crippen LogP contribution in [-0.2, 0) is 16.6 Å². The molecule has 1 fully saturated rings. The fourth-order valence-electron chi connectivity index (χ4n) is 2.16. The predicted molar refractivity (Wildman–Crippen MR) is 71.2 cm³/mol. The first-order chi connectivity index (χ1) is 8.70. The highest BCUT2D eigenvalue weighted by molar-refractivity contribution is 7.89. The van der Waals surface area contributed by atoms with E-state index in [-0.39, 0.29) is 24.0 Å². The summed E-state index contributed by atoms with van der Waals surface area (Å²) >= 11 is 0. The van der Waals surface area contributed by atoms with Gasteiger partial charge in [0, 0.05) is 25.8 Å². The minimum absolute atomic E-state index is 0.0360. The van der Waals surface area contributed by atoms with E-state index in [2.05, 4.69) is 4.98 Å². The highest BCUT2D eigenvalue weighted by Gasteiger charge is 2.49. The molecule has 0 aromatic carbocycles. The Balaban J connectivity index is 2.21. The standard InChI is InChI=1S/C12H21N3O3S/c1-5-14-6-11(13-10(14)4)19(17,18)15-7-12(16,8-15)9(2)3/h6,9,16H,5,7-8H2,1-4H3. The number of aromatic nitrogens is 2. The normalized spacial score (nSPS) is 19.7. The molecule has 1 N–H and O–H groups in total. The molecule has 0 unspecified atom stereocenters. The van der Waals surface area contributed by atoms with Gasteiger partial charge in [0.05, 0.1) is 5.60 Å². The Kier molecular flexibility index (Phi) is 3.49. The van der Waals surface area contributed by atoms with Crippen LogP contribution in [0.2, 0.25) is 0 Å². The molecular formula is C12H21N3O3S. The minimum atomic E-state index is -3.58. The molecule has 19 heavy (non-hydrogen) atoms. The van der Waals surface area contributed by atoms with E-state index in [4.69, 9.17) is 0 Å². The summed E-state index contributed by atoms with van der Waals surface area (Å²) in [5.41, 5.74) is -0.907. The zero-order valence-corrected chi connectivity index (χ0v) is 12.6. The maximum absolute atomic E-state index is 12.3. The summed E-state index contributed by atoms with van der Waals surface area (Å²) in [5.74, 6) is 0.717. The molecule has 0 atom stereocenters. The molecule has 1 aromatic heterocycles. The van der Waals surface area contributed by atoms with Crippen LogP contribution in [0.25, 0.3) is 0 Å². The smallest absolute Gasteiger partial charge is 0.262 e. The number of rotatable bonds is 4. The molecule has 0 radical (unpaired) electrons. The number of sulfonamides is 1. The van der Waals surface area contributed by atoms with Crippen molar-refractivity contribution >= 4 is 10.0 Å². The molecule has 2 rings (SSSR count). The topological polar surface area (TPSA) is 75.4 Å². The summed E-state index contributed by atoms with van der Waals surface area (Å²) in [7, 11) is -3.58. The summed E-state index contributed by atoms with van der Waals surface area (Å²) in [6.45, 7) is 8.47. The van der Waals surface area contributed by atoms with Gasteiger partial charge in [-0.2, -0.15) is 4.31 Å². The van der Waals surface area contributed by atoms with Gasteiger partial charge < -0.3 is 9.67 Å². The Bertz CT molecular complexity index is 571. The zero-order chi connectivity index (χ0) is 14.4. The van der Waals surface area contributed by atoms with Gasteiger partial charge in [0.25, 0.3) is 10.0 Å². The van der Waals surface area contributed by atoms with Crippen LogP contribution < -0.4 is 0 Å². The fraction of sp³-hybridized carbons (Fsp3) is 0.750. The van der Waals surface area contributed by atoms with Gasteiger partial charge in [-0.3, -0.25) is 0 Å². The van der Waals surface area contributed by atoms with Crippen LogP contribution in [-0.4, -0.2) is 46.1 Å². The lowest BCUT2D eigenvalue weighted by atomic mass is 9.85. The monoisotopic (exact) mass is 287 g/mol. The maximum atomic E-state index is 12.3. The van der Waals surface area contributed by atoms with E-state index in [0.29, 0.717) is 12.4 Å². The quantitative estimate of drug-likeness (QED) is 0.880. The van der Waals surface area contributed by atoms with Crippen molar-refractivity contribution in [3.05, 3.63) is 12.0 Å². The van der Waals surface area contributed by atoms with Gasteiger partial charge >= 0.3 is 0 Å². The molecule has 6 nitrogen and oxygen atoms in total. The van der Waals surface area contributed by atoms with Crippen LogP contribution in [0.15, 0.2) is 11.2 Å². The Labute approximate surface area is 114 Å². The van der Waals surface area contributed by atoms with Crippen LogP contribution in [0, 0.1) is 12.8 Å². The van der Waals surface area contributed by atoms with Gasteiger partial charge in [-0.25, -0.2) is 13.4 Å². The summed E-state index contributed by atoms with van der Waals surface area (Å²) < 4.78 is 27.8. The van der Waals surface area contributed by atoms with Gasteiger partial charge in [0.15, 0.2) is 5.03 Å². The van der Waals surface area contributed by atoms with Gasteiger partial charge in [-0.05, 0) is 19.8 Å². The molecule has 2 heterocycles. The van der Waals surface area contributed by atoms with Crippen LogP contribution in [0.5, 0.6) is 0 Å². The number of hydrogen-bond donors (Lipinski definition) is 1. The van der Waals surface area contributed by atoms with Crippen molar-refractivity contribution in [2.75, 3.05) is 13.1 Å². The van der Waals surface area contributed by atoms with Crippen LogP contribution in [0.1, 0.15) is 26.6 Å². The summed E-state index contributed by atoms with van der Waals surface area (Å²) in [5, 5.41) is 10.2. The van der Waals surface area contributed by atoms with Crippen LogP contribution >= 0.6 is 0 Å². The van der Waals surface area contributed by atoms with E-state index in [0.717, 1.165) is 0 Å². The number of β-amino-alcohol motifs (C(OH)–C–C–N with tert-alkyl or cyclic N) is 1. The van der Waals surface area contributed by atoms with Crippen molar-refractivity contribution in [3.8, 4) is 0 Å². The molecule has 0 amide bonds. The molecule has 0 spiro atoms. The summed E-state index contributed by atoms with van der Waals surface area (Å²) in [4.78, 5) is 4.10. The van der Waals surface area contributed by atoms with Crippen LogP contribution in [0.3, 0.4) is 0 Å². The molecule has 0 saturated carbocycles. The number of imidazole rings is 1. The van der Waals surface area contributed by atoms with E-state index >= 15 is 0 Å². The van der Waals surface area contributed by atoms with Crippen molar-refractivity contribution in [2.45, 2.75) is 44.9 Å². The van der Waals surface area contributed by atoms with Crippen molar-refractivity contribution < 1.29 is 13.5 Å². The van der Waals surface area contributed by atoms with Crippen molar-refractivity contribution in [1.29, 1.82) is 0 Å². The molecule has 1 saturated heterocycles. The Morgan fingerprint density at radius 1 is 1.47 bits per heavy atom. The highest BCUT2D eigenvalue weighted by Crippen LogP contribution is 2.32.